The third kappa shape index (κ3) is 3.62. The van der Waals surface area contributed by atoms with Crippen LogP contribution >= 0.6 is 11.6 Å². The maximum atomic E-state index is 12.8. The second-order valence-corrected chi connectivity index (χ2v) is 7.47. The van der Waals surface area contributed by atoms with Crippen molar-refractivity contribution < 1.29 is 13.2 Å². The molecule has 0 radical (unpaired) electrons. The molecule has 3 rings (SSSR count). The molecule has 0 saturated heterocycles. The van der Waals surface area contributed by atoms with Crippen molar-refractivity contribution in [2.45, 2.75) is 11.8 Å². The van der Waals surface area contributed by atoms with Gasteiger partial charge in [0.25, 0.3) is 10.0 Å². The van der Waals surface area contributed by atoms with E-state index < -0.39 is 10.0 Å². The maximum absolute atomic E-state index is 12.8. The molecule has 25 heavy (non-hydrogen) atoms. The predicted molar refractivity (Wildman–Crippen MR) is 97.1 cm³/mol. The Morgan fingerprint density at radius 2 is 2.00 bits per heavy atom. The topological polar surface area (TPSA) is 73.2 Å². The highest BCUT2D eigenvalue weighted by Crippen LogP contribution is 2.28. The van der Waals surface area contributed by atoms with Gasteiger partial charge in [0, 0.05) is 17.4 Å². The molecule has 0 atom stereocenters. The molecule has 0 spiro atoms. The number of hydrogen-bond acceptors (Lipinski definition) is 4. The van der Waals surface area contributed by atoms with Gasteiger partial charge in [0.1, 0.15) is 5.75 Å². The Kier molecular flexibility index (Phi) is 4.69. The van der Waals surface area contributed by atoms with Gasteiger partial charge in [0.05, 0.1) is 23.4 Å². The van der Waals surface area contributed by atoms with Crippen LogP contribution in [0.15, 0.2) is 59.8 Å². The van der Waals surface area contributed by atoms with Crippen LogP contribution in [-0.2, 0) is 10.0 Å². The van der Waals surface area contributed by atoms with Crippen LogP contribution in [0, 0.1) is 6.92 Å². The van der Waals surface area contributed by atoms with Crippen LogP contribution in [0.2, 0.25) is 5.02 Å². The molecule has 0 aliphatic heterocycles. The van der Waals surface area contributed by atoms with E-state index in [1.54, 1.807) is 60.4 Å². The molecule has 0 unspecified atom stereocenters. The lowest BCUT2D eigenvalue weighted by Crippen LogP contribution is -2.15. The van der Waals surface area contributed by atoms with Crippen LogP contribution in [0.25, 0.3) is 5.69 Å². The zero-order valence-electron chi connectivity index (χ0n) is 13.6. The average Bonchev–Trinajstić information content (AvgIpc) is 3.08. The van der Waals surface area contributed by atoms with E-state index in [0.717, 1.165) is 5.56 Å². The van der Waals surface area contributed by atoms with Crippen LogP contribution in [0.1, 0.15) is 5.56 Å². The maximum Gasteiger partial charge on any atom is 0.261 e. The van der Waals surface area contributed by atoms with Gasteiger partial charge in [-0.1, -0.05) is 11.6 Å². The van der Waals surface area contributed by atoms with Crippen molar-refractivity contribution in [3.8, 4) is 11.4 Å². The Morgan fingerprint density at radius 1 is 1.20 bits per heavy atom. The minimum atomic E-state index is -3.80. The normalized spacial score (nSPS) is 11.3. The summed E-state index contributed by atoms with van der Waals surface area (Å²) in [4.78, 5) is 0.136. The summed E-state index contributed by atoms with van der Waals surface area (Å²) in [7, 11) is -2.26. The molecule has 1 N–H and O–H groups in total. The van der Waals surface area contributed by atoms with E-state index in [2.05, 4.69) is 9.82 Å². The minimum Gasteiger partial charge on any atom is -0.496 e. The SMILES string of the molecule is COc1ccc(S(=O)(=O)Nc2cc(Cl)ccc2-n2cccn2)cc1C. The summed E-state index contributed by atoms with van der Waals surface area (Å²) in [6.07, 6.45) is 3.33. The first-order valence-electron chi connectivity index (χ1n) is 7.38. The third-order valence-corrected chi connectivity index (χ3v) is 5.23. The third-order valence-electron chi connectivity index (χ3n) is 3.63. The molecule has 130 valence electrons. The largest absolute Gasteiger partial charge is 0.496 e. The van der Waals surface area contributed by atoms with Gasteiger partial charge in [-0.3, -0.25) is 4.72 Å². The highest BCUT2D eigenvalue weighted by molar-refractivity contribution is 7.92. The zero-order valence-corrected chi connectivity index (χ0v) is 15.2. The lowest BCUT2D eigenvalue weighted by molar-refractivity contribution is 0.411. The molecule has 3 aromatic rings. The summed E-state index contributed by atoms with van der Waals surface area (Å²) in [5.41, 5.74) is 1.64. The number of aromatic nitrogens is 2. The zero-order chi connectivity index (χ0) is 18.0. The van der Waals surface area contributed by atoms with Crippen molar-refractivity contribution in [3.63, 3.8) is 0 Å². The van der Waals surface area contributed by atoms with Gasteiger partial charge in [-0.25, -0.2) is 13.1 Å². The fourth-order valence-electron chi connectivity index (χ4n) is 2.42. The molecule has 0 bridgehead atoms. The molecule has 0 aliphatic carbocycles. The van der Waals surface area contributed by atoms with E-state index in [1.807, 2.05) is 0 Å². The number of halogens is 1. The first-order valence-corrected chi connectivity index (χ1v) is 9.24. The summed E-state index contributed by atoms with van der Waals surface area (Å²) < 4.78 is 34.8. The quantitative estimate of drug-likeness (QED) is 0.736. The number of methoxy groups -OCH3 is 1. The molecule has 8 heteroatoms. The highest BCUT2D eigenvalue weighted by Gasteiger charge is 2.18. The van der Waals surface area contributed by atoms with E-state index in [4.69, 9.17) is 16.3 Å². The Morgan fingerprint density at radius 3 is 2.64 bits per heavy atom. The number of benzene rings is 2. The van der Waals surface area contributed by atoms with E-state index in [1.165, 1.54) is 13.2 Å². The van der Waals surface area contributed by atoms with Crippen molar-refractivity contribution in [2.24, 2.45) is 0 Å². The standard InChI is InChI=1S/C17H16ClN3O3S/c1-12-10-14(5-7-17(12)24-2)25(22,23)20-15-11-13(18)4-6-16(15)21-9-3-8-19-21/h3-11,20H,1-2H3. The minimum absolute atomic E-state index is 0.136. The smallest absolute Gasteiger partial charge is 0.261 e. The first-order chi connectivity index (χ1) is 11.9. The molecular formula is C17H16ClN3O3S. The Labute approximate surface area is 151 Å². The molecule has 1 heterocycles. The van der Waals surface area contributed by atoms with E-state index >= 15 is 0 Å². The fraction of sp³-hybridized carbons (Fsp3) is 0.118. The molecule has 0 saturated carbocycles. The molecular weight excluding hydrogens is 362 g/mol. The van der Waals surface area contributed by atoms with Crippen LogP contribution in [0.4, 0.5) is 5.69 Å². The molecule has 1 aromatic heterocycles. The second kappa shape index (κ2) is 6.78. The number of anilines is 1. The monoisotopic (exact) mass is 377 g/mol. The summed E-state index contributed by atoms with van der Waals surface area (Å²) in [5.74, 6) is 0.624. The average molecular weight is 378 g/mol. The Bertz CT molecular complexity index is 1000. The number of sulfonamides is 1. The van der Waals surface area contributed by atoms with Crippen LogP contribution < -0.4 is 9.46 Å². The summed E-state index contributed by atoms with van der Waals surface area (Å²) >= 11 is 6.04. The summed E-state index contributed by atoms with van der Waals surface area (Å²) in [5, 5.41) is 4.55. The van der Waals surface area contributed by atoms with E-state index in [9.17, 15) is 8.42 Å². The number of ether oxygens (including phenoxy) is 1. The molecule has 6 nitrogen and oxygen atoms in total. The van der Waals surface area contributed by atoms with Gasteiger partial charge < -0.3 is 4.74 Å². The van der Waals surface area contributed by atoms with Crippen molar-refractivity contribution in [3.05, 3.63) is 65.4 Å². The molecule has 2 aromatic carbocycles. The number of nitrogens with zero attached hydrogens (tertiary/aromatic N) is 2. The van der Waals surface area contributed by atoms with Gasteiger partial charge in [0.2, 0.25) is 0 Å². The van der Waals surface area contributed by atoms with Crippen molar-refractivity contribution in [2.75, 3.05) is 11.8 Å². The highest BCUT2D eigenvalue weighted by atomic mass is 35.5. The van der Waals surface area contributed by atoms with Gasteiger partial charge in [-0.2, -0.15) is 5.10 Å². The van der Waals surface area contributed by atoms with E-state index in [0.29, 0.717) is 22.1 Å². The molecule has 0 aliphatic rings. The lowest BCUT2D eigenvalue weighted by Gasteiger charge is -2.14. The number of hydrogen-bond donors (Lipinski definition) is 1. The number of rotatable bonds is 5. The first kappa shape index (κ1) is 17.3. The Hall–Kier alpha value is -2.51. The lowest BCUT2D eigenvalue weighted by atomic mass is 10.2. The van der Waals surface area contributed by atoms with Crippen molar-refractivity contribution in [1.29, 1.82) is 0 Å². The van der Waals surface area contributed by atoms with E-state index in [-0.39, 0.29) is 4.90 Å². The Balaban J connectivity index is 2.01. The fourth-order valence-corrected chi connectivity index (χ4v) is 3.74. The molecule has 0 fully saturated rings. The molecule has 0 amide bonds. The van der Waals surface area contributed by atoms with Crippen LogP contribution in [0.5, 0.6) is 5.75 Å². The van der Waals surface area contributed by atoms with Crippen molar-refractivity contribution in [1.82, 2.24) is 9.78 Å². The van der Waals surface area contributed by atoms with Crippen LogP contribution in [-0.4, -0.2) is 25.3 Å². The van der Waals surface area contributed by atoms with Gasteiger partial charge >= 0.3 is 0 Å². The second-order valence-electron chi connectivity index (χ2n) is 5.35. The van der Waals surface area contributed by atoms with Gasteiger partial charge in [0.15, 0.2) is 0 Å². The summed E-state index contributed by atoms with van der Waals surface area (Å²) in [6.45, 7) is 1.78. The van der Waals surface area contributed by atoms with Crippen molar-refractivity contribution >= 4 is 27.3 Å². The predicted octanol–water partition coefficient (Wildman–Crippen LogP) is 3.64. The summed E-state index contributed by atoms with van der Waals surface area (Å²) in [6, 6.07) is 11.3. The van der Waals surface area contributed by atoms with Gasteiger partial charge in [-0.15, -0.1) is 0 Å². The van der Waals surface area contributed by atoms with Gasteiger partial charge in [-0.05, 0) is 55.0 Å². The van der Waals surface area contributed by atoms with Crippen LogP contribution in [0.3, 0.4) is 0 Å². The number of aryl methyl sites for hydroxylation is 1. The number of nitrogens with one attached hydrogen (secondary N) is 1.